The summed E-state index contributed by atoms with van der Waals surface area (Å²) in [6, 6.07) is 5.62. The van der Waals surface area contributed by atoms with Gasteiger partial charge in [-0.2, -0.15) is 0 Å². The molecule has 0 radical (unpaired) electrons. The molecule has 0 spiro atoms. The van der Waals surface area contributed by atoms with E-state index in [1.165, 1.54) is 25.7 Å². The van der Waals surface area contributed by atoms with Gasteiger partial charge in [0, 0.05) is 30.4 Å². The van der Waals surface area contributed by atoms with Gasteiger partial charge in [-0.1, -0.05) is 32.8 Å². The first kappa shape index (κ1) is 15.2. The summed E-state index contributed by atoms with van der Waals surface area (Å²) < 4.78 is 0. The lowest BCUT2D eigenvalue weighted by atomic mass is 9.74. The molecule has 1 heterocycles. The molecule has 0 amide bonds. The van der Waals surface area contributed by atoms with Crippen LogP contribution in [0.5, 0.6) is 5.75 Å². The second-order valence-electron chi connectivity index (χ2n) is 6.11. The summed E-state index contributed by atoms with van der Waals surface area (Å²) in [5, 5.41) is 19.6. The highest BCUT2D eigenvalue weighted by Gasteiger charge is 2.31. The van der Waals surface area contributed by atoms with Crippen LogP contribution in [0.25, 0.3) is 0 Å². The molecule has 1 aliphatic rings. The van der Waals surface area contributed by atoms with Crippen LogP contribution in [0.4, 0.5) is 5.69 Å². The third-order valence-corrected chi connectivity index (χ3v) is 5.15. The fraction of sp³-hybridized carbons (Fsp3) is 0.647. The van der Waals surface area contributed by atoms with E-state index in [1.807, 2.05) is 12.1 Å². The number of aromatic hydroxyl groups is 1. The van der Waals surface area contributed by atoms with Crippen molar-refractivity contribution in [3.8, 4) is 5.75 Å². The minimum absolute atomic E-state index is 0.195. The number of anilines is 1. The van der Waals surface area contributed by atoms with E-state index in [0.29, 0.717) is 11.0 Å². The number of nitrogens with zero attached hydrogens (tertiary/aromatic N) is 1. The molecular formula is C17H27NO2. The van der Waals surface area contributed by atoms with E-state index in [0.717, 1.165) is 18.8 Å². The van der Waals surface area contributed by atoms with E-state index >= 15 is 0 Å². The molecule has 1 atom stereocenters. The Kier molecular flexibility index (Phi) is 4.59. The Bertz CT molecular complexity index is 442. The normalized spacial score (nSPS) is 19.9. The Morgan fingerprint density at radius 1 is 1.20 bits per heavy atom. The topological polar surface area (TPSA) is 43.7 Å². The van der Waals surface area contributed by atoms with E-state index in [1.54, 1.807) is 13.0 Å². The summed E-state index contributed by atoms with van der Waals surface area (Å²) >= 11 is 0. The van der Waals surface area contributed by atoms with Gasteiger partial charge in [-0.15, -0.1) is 0 Å². The van der Waals surface area contributed by atoms with Crippen LogP contribution in [0.15, 0.2) is 18.2 Å². The third kappa shape index (κ3) is 2.93. The van der Waals surface area contributed by atoms with Gasteiger partial charge in [-0.05, 0) is 31.2 Å². The number of phenolic OH excluding ortho intramolecular Hbond substituents is 1. The summed E-state index contributed by atoms with van der Waals surface area (Å²) in [4.78, 5) is 2.34. The van der Waals surface area contributed by atoms with Crippen molar-refractivity contribution in [3.05, 3.63) is 23.8 Å². The van der Waals surface area contributed by atoms with E-state index < -0.39 is 6.10 Å². The van der Waals surface area contributed by atoms with Gasteiger partial charge in [0.25, 0.3) is 0 Å². The highest BCUT2D eigenvalue weighted by Crippen LogP contribution is 2.40. The molecule has 1 aromatic rings. The SMILES string of the molecule is CCC1(CC)CCN(c2ccc(C(C)O)c(O)c2)CC1. The molecule has 3 nitrogen and oxygen atoms in total. The monoisotopic (exact) mass is 277 g/mol. The smallest absolute Gasteiger partial charge is 0.123 e. The summed E-state index contributed by atoms with van der Waals surface area (Å²) in [7, 11) is 0. The van der Waals surface area contributed by atoms with Gasteiger partial charge in [-0.3, -0.25) is 0 Å². The van der Waals surface area contributed by atoms with E-state index in [-0.39, 0.29) is 5.75 Å². The zero-order chi connectivity index (χ0) is 14.8. The lowest BCUT2D eigenvalue weighted by molar-refractivity contribution is 0.194. The molecule has 0 aliphatic carbocycles. The van der Waals surface area contributed by atoms with Crippen molar-refractivity contribution >= 4 is 5.69 Å². The number of piperidine rings is 1. The van der Waals surface area contributed by atoms with Gasteiger partial charge in [0.05, 0.1) is 6.10 Å². The quantitative estimate of drug-likeness (QED) is 0.878. The summed E-state index contributed by atoms with van der Waals surface area (Å²) in [6.07, 6.45) is 4.32. The van der Waals surface area contributed by atoms with Crippen LogP contribution in [-0.2, 0) is 0 Å². The predicted octanol–water partition coefficient (Wildman–Crippen LogP) is 3.85. The number of aliphatic hydroxyl groups excluding tert-OH is 1. The van der Waals surface area contributed by atoms with Crippen molar-refractivity contribution in [1.29, 1.82) is 0 Å². The first-order valence-electron chi connectivity index (χ1n) is 7.77. The number of rotatable bonds is 4. The lowest BCUT2D eigenvalue weighted by Gasteiger charge is -2.42. The highest BCUT2D eigenvalue weighted by atomic mass is 16.3. The zero-order valence-corrected chi connectivity index (χ0v) is 12.9. The van der Waals surface area contributed by atoms with Gasteiger partial charge in [0.1, 0.15) is 5.75 Å². The van der Waals surface area contributed by atoms with Gasteiger partial charge >= 0.3 is 0 Å². The van der Waals surface area contributed by atoms with Gasteiger partial charge in [-0.25, -0.2) is 0 Å². The van der Waals surface area contributed by atoms with Crippen molar-refractivity contribution < 1.29 is 10.2 Å². The van der Waals surface area contributed by atoms with Crippen LogP contribution in [0, 0.1) is 5.41 Å². The van der Waals surface area contributed by atoms with Crippen molar-refractivity contribution in [2.75, 3.05) is 18.0 Å². The van der Waals surface area contributed by atoms with Crippen LogP contribution in [0.1, 0.15) is 58.1 Å². The number of hydrogen-bond donors (Lipinski definition) is 2. The van der Waals surface area contributed by atoms with E-state index in [4.69, 9.17) is 0 Å². The first-order valence-corrected chi connectivity index (χ1v) is 7.77. The van der Waals surface area contributed by atoms with Crippen molar-refractivity contribution in [2.45, 2.75) is 52.6 Å². The molecule has 20 heavy (non-hydrogen) atoms. The van der Waals surface area contributed by atoms with Crippen LogP contribution in [0.3, 0.4) is 0 Å². The Hall–Kier alpha value is -1.22. The van der Waals surface area contributed by atoms with Crippen molar-refractivity contribution in [2.24, 2.45) is 5.41 Å². The maximum absolute atomic E-state index is 10.0. The molecule has 3 heteroatoms. The lowest BCUT2D eigenvalue weighted by Crippen LogP contribution is -2.39. The molecule has 1 fully saturated rings. The van der Waals surface area contributed by atoms with Gasteiger partial charge in [0.15, 0.2) is 0 Å². The first-order chi connectivity index (χ1) is 9.51. The van der Waals surface area contributed by atoms with E-state index in [2.05, 4.69) is 18.7 Å². The second-order valence-corrected chi connectivity index (χ2v) is 6.11. The molecule has 0 saturated carbocycles. The molecule has 2 rings (SSSR count). The van der Waals surface area contributed by atoms with Crippen LogP contribution in [-0.4, -0.2) is 23.3 Å². The largest absolute Gasteiger partial charge is 0.507 e. The van der Waals surface area contributed by atoms with Crippen LogP contribution in [0.2, 0.25) is 0 Å². The average molecular weight is 277 g/mol. The molecule has 2 N–H and O–H groups in total. The summed E-state index contributed by atoms with van der Waals surface area (Å²) in [5.41, 5.74) is 2.17. The molecule has 1 aromatic carbocycles. The predicted molar refractivity (Wildman–Crippen MR) is 83.2 cm³/mol. The number of aliphatic hydroxyl groups is 1. The fourth-order valence-electron chi connectivity index (χ4n) is 3.28. The maximum Gasteiger partial charge on any atom is 0.123 e. The van der Waals surface area contributed by atoms with Crippen LogP contribution < -0.4 is 4.90 Å². The minimum atomic E-state index is -0.627. The molecule has 1 aliphatic heterocycles. The summed E-state index contributed by atoms with van der Waals surface area (Å²) in [6.45, 7) is 8.36. The Balaban J connectivity index is 2.09. The second kappa shape index (κ2) is 6.04. The third-order valence-electron chi connectivity index (χ3n) is 5.15. The summed E-state index contributed by atoms with van der Waals surface area (Å²) in [5.74, 6) is 0.195. The number of hydrogen-bond acceptors (Lipinski definition) is 3. The Morgan fingerprint density at radius 2 is 1.80 bits per heavy atom. The van der Waals surface area contributed by atoms with Crippen LogP contribution >= 0.6 is 0 Å². The zero-order valence-electron chi connectivity index (χ0n) is 12.9. The maximum atomic E-state index is 10.0. The average Bonchev–Trinajstić information content (AvgIpc) is 2.47. The molecule has 1 saturated heterocycles. The van der Waals surface area contributed by atoms with Gasteiger partial charge < -0.3 is 15.1 Å². The Labute approximate surface area is 122 Å². The van der Waals surface area contributed by atoms with Crippen molar-refractivity contribution in [1.82, 2.24) is 0 Å². The number of benzene rings is 1. The molecule has 0 bridgehead atoms. The van der Waals surface area contributed by atoms with Gasteiger partial charge in [0.2, 0.25) is 0 Å². The molecule has 0 aromatic heterocycles. The minimum Gasteiger partial charge on any atom is -0.507 e. The Morgan fingerprint density at radius 3 is 2.25 bits per heavy atom. The molecule has 1 unspecified atom stereocenters. The fourth-order valence-corrected chi connectivity index (χ4v) is 3.28. The number of phenols is 1. The highest BCUT2D eigenvalue weighted by molar-refractivity contribution is 5.54. The van der Waals surface area contributed by atoms with Crippen molar-refractivity contribution in [3.63, 3.8) is 0 Å². The van der Waals surface area contributed by atoms with E-state index in [9.17, 15) is 10.2 Å². The standard InChI is InChI=1S/C17H27NO2/c1-4-17(5-2)8-10-18(11-9-17)14-6-7-15(13(3)19)16(20)12-14/h6-7,12-13,19-20H,4-5,8-11H2,1-3H3. The molecule has 112 valence electrons. The molecular weight excluding hydrogens is 250 g/mol.